The molecule has 0 aromatic rings. The van der Waals surface area contributed by atoms with E-state index in [1.165, 1.54) is 0 Å². The molecule has 2 fully saturated rings. The Morgan fingerprint density at radius 2 is 2.10 bits per heavy atom. The molecule has 20 heavy (non-hydrogen) atoms. The number of nitrogens with zero attached hydrogens (tertiary/aromatic N) is 2. The van der Waals surface area contributed by atoms with Gasteiger partial charge in [0.1, 0.15) is 12.1 Å². The Morgan fingerprint density at radius 3 is 2.75 bits per heavy atom. The fraction of sp³-hybridized carbons (Fsp3) is 0.857. The molecule has 0 saturated carbocycles. The maximum Gasteiger partial charge on any atom is 0.245 e. The highest BCUT2D eigenvalue weighted by atomic mass is 16.5. The minimum absolute atomic E-state index is 0.000185. The summed E-state index contributed by atoms with van der Waals surface area (Å²) < 4.78 is 5.76. The molecular formula is C14H25N3O3. The summed E-state index contributed by atoms with van der Waals surface area (Å²) in [7, 11) is 0. The topological polar surface area (TPSA) is 61.9 Å². The van der Waals surface area contributed by atoms with Gasteiger partial charge in [-0.2, -0.15) is 0 Å². The van der Waals surface area contributed by atoms with E-state index >= 15 is 0 Å². The van der Waals surface area contributed by atoms with Crippen LogP contribution in [-0.2, 0) is 14.3 Å². The van der Waals surface area contributed by atoms with E-state index in [-0.39, 0.29) is 24.0 Å². The molecular weight excluding hydrogens is 258 g/mol. The molecule has 0 bridgehead atoms. The number of rotatable bonds is 4. The molecule has 2 aliphatic heterocycles. The monoisotopic (exact) mass is 283 g/mol. The molecule has 6 heteroatoms. The van der Waals surface area contributed by atoms with Crippen molar-refractivity contribution in [2.45, 2.75) is 45.4 Å². The van der Waals surface area contributed by atoms with Crippen LogP contribution in [-0.4, -0.2) is 72.6 Å². The Hall–Kier alpha value is -1.14. The van der Waals surface area contributed by atoms with Gasteiger partial charge in [-0.05, 0) is 19.9 Å². The Kier molecular flexibility index (Phi) is 4.99. The molecule has 0 spiro atoms. The Labute approximate surface area is 120 Å². The third-order valence-electron chi connectivity index (χ3n) is 4.15. The molecule has 114 valence electrons. The average Bonchev–Trinajstić information content (AvgIpc) is 2.45. The zero-order valence-electron chi connectivity index (χ0n) is 12.6. The molecule has 3 atom stereocenters. The molecule has 0 aliphatic carbocycles. The number of amides is 2. The highest BCUT2D eigenvalue weighted by Gasteiger charge is 2.39. The maximum atomic E-state index is 12.3. The Morgan fingerprint density at radius 1 is 1.35 bits per heavy atom. The van der Waals surface area contributed by atoms with Crippen molar-refractivity contribution in [1.29, 1.82) is 0 Å². The number of morpholine rings is 1. The van der Waals surface area contributed by atoms with Crippen molar-refractivity contribution >= 4 is 11.8 Å². The quantitative estimate of drug-likeness (QED) is 0.778. The first-order valence-electron chi connectivity index (χ1n) is 7.51. The highest BCUT2D eigenvalue weighted by Crippen LogP contribution is 2.16. The maximum absolute atomic E-state index is 12.3. The summed E-state index contributed by atoms with van der Waals surface area (Å²) >= 11 is 0. The summed E-state index contributed by atoms with van der Waals surface area (Å²) in [6.45, 7) is 9.74. The van der Waals surface area contributed by atoms with Crippen molar-refractivity contribution in [3.8, 4) is 0 Å². The van der Waals surface area contributed by atoms with Gasteiger partial charge >= 0.3 is 0 Å². The summed E-state index contributed by atoms with van der Waals surface area (Å²) in [5, 5.41) is 2.74. The van der Waals surface area contributed by atoms with Gasteiger partial charge < -0.3 is 15.0 Å². The van der Waals surface area contributed by atoms with E-state index in [0.717, 1.165) is 19.6 Å². The molecule has 2 saturated heterocycles. The number of piperazine rings is 1. The van der Waals surface area contributed by atoms with E-state index in [9.17, 15) is 9.59 Å². The van der Waals surface area contributed by atoms with Gasteiger partial charge in [-0.25, -0.2) is 0 Å². The number of nitrogens with one attached hydrogen (secondary N) is 1. The van der Waals surface area contributed by atoms with Gasteiger partial charge in [0.05, 0.1) is 12.7 Å². The standard InChI is InChI=1S/C14H25N3O3/c1-4-12-13(18)15-10(3)14(19)17(12)9-11-8-16(5-2)6-7-20-11/h10-12H,4-9H2,1-3H3,(H,15,18). The van der Waals surface area contributed by atoms with E-state index < -0.39 is 6.04 Å². The molecule has 0 aromatic carbocycles. The second-order valence-corrected chi connectivity index (χ2v) is 5.53. The van der Waals surface area contributed by atoms with Crippen LogP contribution < -0.4 is 5.32 Å². The molecule has 0 aromatic heterocycles. The fourth-order valence-corrected chi connectivity index (χ4v) is 2.94. The van der Waals surface area contributed by atoms with Crippen molar-refractivity contribution in [2.75, 3.05) is 32.8 Å². The summed E-state index contributed by atoms with van der Waals surface area (Å²) in [5.74, 6) is -0.0589. The molecule has 2 heterocycles. The van der Waals surface area contributed by atoms with Crippen molar-refractivity contribution in [3.05, 3.63) is 0 Å². The smallest absolute Gasteiger partial charge is 0.245 e. The zero-order chi connectivity index (χ0) is 14.7. The van der Waals surface area contributed by atoms with Gasteiger partial charge in [-0.15, -0.1) is 0 Å². The van der Waals surface area contributed by atoms with E-state index in [1.807, 2.05) is 6.92 Å². The summed E-state index contributed by atoms with van der Waals surface area (Å²) in [6, 6.07) is -0.796. The predicted octanol–water partition coefficient (Wildman–Crippen LogP) is -0.167. The average molecular weight is 283 g/mol. The van der Waals surface area contributed by atoms with Gasteiger partial charge in [0, 0.05) is 19.6 Å². The fourth-order valence-electron chi connectivity index (χ4n) is 2.94. The van der Waals surface area contributed by atoms with Crippen LogP contribution in [0.1, 0.15) is 27.2 Å². The molecule has 3 unspecified atom stereocenters. The van der Waals surface area contributed by atoms with Crippen LogP contribution in [0.25, 0.3) is 0 Å². The zero-order valence-corrected chi connectivity index (χ0v) is 12.6. The van der Waals surface area contributed by atoms with Gasteiger partial charge in [0.2, 0.25) is 11.8 Å². The minimum atomic E-state index is -0.434. The Balaban J connectivity index is 2.04. The first-order valence-corrected chi connectivity index (χ1v) is 7.51. The normalized spacial score (nSPS) is 32.4. The third-order valence-corrected chi connectivity index (χ3v) is 4.15. The summed E-state index contributed by atoms with van der Waals surface area (Å²) in [4.78, 5) is 28.3. The Bertz CT molecular complexity index is 375. The number of hydrogen-bond acceptors (Lipinski definition) is 4. The molecule has 2 amide bonds. The van der Waals surface area contributed by atoms with E-state index in [0.29, 0.717) is 19.6 Å². The highest BCUT2D eigenvalue weighted by molar-refractivity contribution is 5.96. The lowest BCUT2D eigenvalue weighted by Gasteiger charge is -2.41. The second-order valence-electron chi connectivity index (χ2n) is 5.53. The van der Waals surface area contributed by atoms with Crippen molar-refractivity contribution < 1.29 is 14.3 Å². The van der Waals surface area contributed by atoms with Crippen LogP contribution in [0, 0.1) is 0 Å². The molecule has 0 radical (unpaired) electrons. The predicted molar refractivity (Wildman–Crippen MR) is 75.3 cm³/mol. The number of likely N-dealkylation sites (N-methyl/N-ethyl adjacent to an activating group) is 1. The summed E-state index contributed by atoms with van der Waals surface area (Å²) in [5.41, 5.74) is 0. The number of ether oxygens (including phenoxy) is 1. The lowest BCUT2D eigenvalue weighted by Crippen LogP contribution is -2.64. The second kappa shape index (κ2) is 6.54. The van der Waals surface area contributed by atoms with Gasteiger partial charge in [0.25, 0.3) is 0 Å². The minimum Gasteiger partial charge on any atom is -0.374 e. The van der Waals surface area contributed by atoms with Crippen molar-refractivity contribution in [1.82, 2.24) is 15.1 Å². The number of hydrogen-bond donors (Lipinski definition) is 1. The lowest BCUT2D eigenvalue weighted by atomic mass is 10.0. The van der Waals surface area contributed by atoms with Crippen LogP contribution in [0.3, 0.4) is 0 Å². The SMILES string of the molecule is CCC1C(=O)NC(C)C(=O)N1CC1CN(CC)CCO1. The molecule has 2 aliphatic rings. The summed E-state index contributed by atoms with van der Waals surface area (Å²) in [6.07, 6.45) is 0.633. The third kappa shape index (κ3) is 3.12. The molecule has 2 rings (SSSR count). The number of carbonyl (C=O) groups is 2. The van der Waals surface area contributed by atoms with Crippen molar-refractivity contribution in [2.24, 2.45) is 0 Å². The van der Waals surface area contributed by atoms with Gasteiger partial charge in [-0.1, -0.05) is 13.8 Å². The van der Waals surface area contributed by atoms with Gasteiger partial charge in [-0.3, -0.25) is 14.5 Å². The lowest BCUT2D eigenvalue weighted by molar-refractivity contribution is -0.152. The largest absolute Gasteiger partial charge is 0.374 e. The van der Waals surface area contributed by atoms with E-state index in [4.69, 9.17) is 4.74 Å². The first kappa shape index (κ1) is 15.3. The van der Waals surface area contributed by atoms with Crippen LogP contribution >= 0.6 is 0 Å². The van der Waals surface area contributed by atoms with E-state index in [2.05, 4.69) is 17.1 Å². The first-order chi connectivity index (χ1) is 9.56. The van der Waals surface area contributed by atoms with Crippen LogP contribution in [0.15, 0.2) is 0 Å². The van der Waals surface area contributed by atoms with Crippen LogP contribution in [0.5, 0.6) is 0 Å². The van der Waals surface area contributed by atoms with E-state index in [1.54, 1.807) is 11.8 Å². The van der Waals surface area contributed by atoms with Crippen molar-refractivity contribution in [3.63, 3.8) is 0 Å². The van der Waals surface area contributed by atoms with Crippen LogP contribution in [0.2, 0.25) is 0 Å². The molecule has 1 N–H and O–H groups in total. The van der Waals surface area contributed by atoms with Crippen LogP contribution in [0.4, 0.5) is 0 Å². The number of carbonyl (C=O) groups excluding carboxylic acids is 2. The molecule has 6 nitrogen and oxygen atoms in total. The van der Waals surface area contributed by atoms with Gasteiger partial charge in [0.15, 0.2) is 0 Å².